The average Bonchev–Trinajstić information content (AvgIpc) is 3.11. The molecule has 0 fully saturated rings. The van der Waals surface area contributed by atoms with Gasteiger partial charge in [0.15, 0.2) is 6.10 Å². The van der Waals surface area contributed by atoms with Gasteiger partial charge in [-0.15, -0.1) is 0 Å². The van der Waals surface area contributed by atoms with Crippen molar-refractivity contribution < 1.29 is 42.9 Å². The van der Waals surface area contributed by atoms with Gasteiger partial charge in [-0.2, -0.15) is 0 Å². The maximum absolute atomic E-state index is 12.7. The molecule has 314 valence electrons. The lowest BCUT2D eigenvalue weighted by molar-refractivity contribution is -0.870. The van der Waals surface area contributed by atoms with E-state index < -0.39 is 24.3 Å². The molecule has 0 aliphatic rings. The van der Waals surface area contributed by atoms with Crippen molar-refractivity contribution >= 4 is 17.9 Å². The predicted molar refractivity (Wildman–Crippen MR) is 217 cm³/mol. The highest BCUT2D eigenvalue weighted by molar-refractivity contribution is 5.71. The Kier molecular flexibility index (Phi) is 36.0. The van der Waals surface area contributed by atoms with Gasteiger partial charge in [0.25, 0.3) is 6.29 Å². The van der Waals surface area contributed by atoms with Gasteiger partial charge in [-0.25, -0.2) is 4.79 Å². The first-order chi connectivity index (χ1) is 25.6. The molecule has 0 radical (unpaired) electrons. The van der Waals surface area contributed by atoms with Crippen LogP contribution in [0.15, 0.2) is 0 Å². The Morgan fingerprint density at radius 3 is 1.21 bits per heavy atom. The van der Waals surface area contributed by atoms with Crippen LogP contribution in [0.4, 0.5) is 0 Å². The van der Waals surface area contributed by atoms with Crippen LogP contribution in [0.5, 0.6) is 0 Å². The highest BCUT2D eigenvalue weighted by atomic mass is 16.7. The zero-order chi connectivity index (χ0) is 39.3. The first-order valence-electron chi connectivity index (χ1n) is 22.2. The van der Waals surface area contributed by atoms with Crippen LogP contribution in [-0.2, 0) is 33.3 Å². The quantitative estimate of drug-likeness (QED) is 0.0284. The maximum Gasteiger partial charge on any atom is 0.361 e. The lowest BCUT2D eigenvalue weighted by Gasteiger charge is -2.25. The summed E-state index contributed by atoms with van der Waals surface area (Å²) < 4.78 is 22.7. The molecular weight excluding hydrogens is 670 g/mol. The van der Waals surface area contributed by atoms with E-state index in [-0.39, 0.29) is 32.2 Å². The zero-order valence-corrected chi connectivity index (χ0v) is 35.4. The fourth-order valence-electron chi connectivity index (χ4n) is 6.37. The topological polar surface area (TPSA) is 108 Å². The van der Waals surface area contributed by atoms with Crippen molar-refractivity contribution in [1.82, 2.24) is 0 Å². The smallest absolute Gasteiger partial charge is 0.361 e. The number of rotatable bonds is 41. The number of aliphatic carboxylic acids is 1. The van der Waals surface area contributed by atoms with Gasteiger partial charge in [0, 0.05) is 12.8 Å². The molecule has 0 heterocycles. The predicted octanol–water partition coefficient (Wildman–Crippen LogP) is 11.3. The summed E-state index contributed by atoms with van der Waals surface area (Å²) in [5.74, 6) is -1.99. The van der Waals surface area contributed by atoms with Crippen LogP contribution in [0.25, 0.3) is 0 Å². The van der Waals surface area contributed by atoms with Gasteiger partial charge in [-0.1, -0.05) is 181 Å². The van der Waals surface area contributed by atoms with Crippen LogP contribution >= 0.6 is 0 Å². The second-order valence-corrected chi connectivity index (χ2v) is 16.4. The number of carbonyl (C=O) groups is 3. The normalized spacial score (nSPS) is 12.8. The van der Waals surface area contributed by atoms with Crippen molar-refractivity contribution in [3.63, 3.8) is 0 Å². The summed E-state index contributed by atoms with van der Waals surface area (Å²) in [5, 5.41) is 9.61. The molecule has 0 spiro atoms. The summed E-state index contributed by atoms with van der Waals surface area (Å²) in [6, 6.07) is 0. The number of carbonyl (C=O) groups excluding carboxylic acids is 2. The molecule has 9 nitrogen and oxygen atoms in total. The fourth-order valence-corrected chi connectivity index (χ4v) is 6.37. The van der Waals surface area contributed by atoms with Gasteiger partial charge < -0.3 is 28.5 Å². The highest BCUT2D eigenvalue weighted by Gasteiger charge is 2.25. The van der Waals surface area contributed by atoms with Crippen molar-refractivity contribution in [3.05, 3.63) is 0 Å². The summed E-state index contributed by atoms with van der Waals surface area (Å²) >= 11 is 0. The molecule has 0 aliphatic carbocycles. The van der Waals surface area contributed by atoms with Crippen molar-refractivity contribution in [2.75, 3.05) is 47.5 Å². The Bertz CT molecular complexity index is 846. The molecule has 53 heavy (non-hydrogen) atoms. The molecule has 0 aromatic carbocycles. The molecule has 0 bridgehead atoms. The van der Waals surface area contributed by atoms with E-state index >= 15 is 0 Å². The van der Waals surface area contributed by atoms with E-state index in [4.69, 9.17) is 18.9 Å². The summed E-state index contributed by atoms with van der Waals surface area (Å²) in [6.07, 6.45) is 33.1. The summed E-state index contributed by atoms with van der Waals surface area (Å²) in [4.78, 5) is 37.0. The van der Waals surface area contributed by atoms with E-state index in [1.165, 1.54) is 141 Å². The molecule has 0 saturated carbocycles. The fraction of sp³-hybridized carbons (Fsp3) is 0.932. The molecule has 0 aliphatic heterocycles. The third-order valence-corrected chi connectivity index (χ3v) is 9.86. The van der Waals surface area contributed by atoms with Gasteiger partial charge in [0.1, 0.15) is 13.2 Å². The molecule has 0 rings (SSSR count). The Hall–Kier alpha value is -1.71. The number of carboxylic acid groups (broad SMARTS) is 1. The average molecular weight is 757 g/mol. The van der Waals surface area contributed by atoms with Crippen molar-refractivity contribution in [2.45, 2.75) is 219 Å². The summed E-state index contributed by atoms with van der Waals surface area (Å²) in [5.41, 5.74) is 0. The van der Waals surface area contributed by atoms with E-state index in [1.807, 2.05) is 21.1 Å². The Labute approximate surface area is 326 Å². The zero-order valence-electron chi connectivity index (χ0n) is 35.4. The van der Waals surface area contributed by atoms with Crippen LogP contribution in [0.2, 0.25) is 0 Å². The minimum Gasteiger partial charge on any atom is -0.477 e. The highest BCUT2D eigenvalue weighted by Crippen LogP contribution is 2.16. The monoisotopic (exact) mass is 757 g/mol. The first-order valence-corrected chi connectivity index (χ1v) is 22.2. The van der Waals surface area contributed by atoms with Crippen LogP contribution in [-0.4, -0.2) is 87.4 Å². The van der Waals surface area contributed by atoms with E-state index in [2.05, 4.69) is 13.8 Å². The van der Waals surface area contributed by atoms with E-state index in [9.17, 15) is 19.5 Å². The second-order valence-electron chi connectivity index (χ2n) is 16.4. The molecule has 2 atom stereocenters. The molecule has 2 unspecified atom stereocenters. The number of hydrogen-bond acceptors (Lipinski definition) is 7. The molecule has 0 amide bonds. The van der Waals surface area contributed by atoms with Crippen LogP contribution < -0.4 is 0 Å². The molecule has 0 saturated heterocycles. The first kappa shape index (κ1) is 51.3. The van der Waals surface area contributed by atoms with Gasteiger partial charge >= 0.3 is 17.9 Å². The van der Waals surface area contributed by atoms with Crippen molar-refractivity contribution in [3.8, 4) is 0 Å². The molecule has 9 heteroatoms. The second kappa shape index (κ2) is 37.2. The van der Waals surface area contributed by atoms with E-state index in [0.29, 0.717) is 17.4 Å². The number of likely N-dealkylation sites (N-methyl/N-ethyl adjacent to an activating group) is 1. The third kappa shape index (κ3) is 38.4. The maximum atomic E-state index is 12.7. The van der Waals surface area contributed by atoms with Gasteiger partial charge in [0.05, 0.1) is 34.4 Å². The SMILES string of the molecule is CCCCCCCCCCCCCCCCCCCCCC(=O)OC(COC(=O)CCCCCCCCCCC)COC(OCC[N+](C)(C)C)C(=O)O. The van der Waals surface area contributed by atoms with Gasteiger partial charge in [-0.05, 0) is 12.8 Å². The van der Waals surface area contributed by atoms with Crippen LogP contribution in [0.3, 0.4) is 0 Å². The lowest BCUT2D eigenvalue weighted by atomic mass is 10.0. The standard InChI is InChI=1S/C44H85NO8/c1-6-8-10-12-14-16-17-18-19-20-21-22-23-24-25-27-29-31-33-35-42(47)53-40(39-52-44(43(48)49)50-37-36-45(3,4)5)38-51-41(46)34-32-30-28-26-15-13-11-9-7-2/h40,44H,6-39H2,1-5H3/p+1. The number of hydrogen-bond donors (Lipinski definition) is 1. The Morgan fingerprint density at radius 1 is 0.491 bits per heavy atom. The van der Waals surface area contributed by atoms with E-state index in [1.54, 1.807) is 0 Å². The number of esters is 2. The minimum atomic E-state index is -1.50. The Balaban J connectivity index is 4.32. The lowest BCUT2D eigenvalue weighted by Crippen LogP contribution is -2.40. The number of unbranched alkanes of at least 4 members (excludes halogenated alkanes) is 26. The van der Waals surface area contributed by atoms with Crippen LogP contribution in [0.1, 0.15) is 206 Å². The summed E-state index contributed by atoms with van der Waals surface area (Å²) in [6.45, 7) is 4.87. The molecule has 0 aromatic heterocycles. The van der Waals surface area contributed by atoms with Crippen molar-refractivity contribution in [1.29, 1.82) is 0 Å². The van der Waals surface area contributed by atoms with Crippen molar-refractivity contribution in [2.24, 2.45) is 0 Å². The third-order valence-electron chi connectivity index (χ3n) is 9.86. The Morgan fingerprint density at radius 2 is 0.849 bits per heavy atom. The molecular formula is C44H86NO8+. The van der Waals surface area contributed by atoms with Gasteiger partial charge in [-0.3, -0.25) is 9.59 Å². The van der Waals surface area contributed by atoms with E-state index in [0.717, 1.165) is 38.5 Å². The number of carboxylic acids is 1. The minimum absolute atomic E-state index is 0.174. The molecule has 1 N–H and O–H groups in total. The summed E-state index contributed by atoms with van der Waals surface area (Å²) in [7, 11) is 5.96. The van der Waals surface area contributed by atoms with Gasteiger partial charge in [0.2, 0.25) is 0 Å². The number of ether oxygens (including phenoxy) is 4. The van der Waals surface area contributed by atoms with Crippen LogP contribution in [0, 0.1) is 0 Å². The number of quaternary nitrogens is 1. The largest absolute Gasteiger partial charge is 0.477 e. The molecule has 0 aromatic rings. The number of nitrogens with zero attached hydrogens (tertiary/aromatic N) is 1.